The van der Waals surface area contributed by atoms with Crippen molar-refractivity contribution < 1.29 is 29.0 Å². The van der Waals surface area contributed by atoms with Crippen LogP contribution in [0, 0.1) is 0 Å². The predicted octanol–water partition coefficient (Wildman–Crippen LogP) is 7.03. The highest BCUT2D eigenvalue weighted by molar-refractivity contribution is 8.13. The number of benzene rings is 1. The summed E-state index contributed by atoms with van der Waals surface area (Å²) in [6.07, 6.45) is 2.23. The summed E-state index contributed by atoms with van der Waals surface area (Å²) in [4.78, 5) is 42.3. The number of nitrogens with one attached hydrogen (secondary N) is 2. The molecule has 0 spiro atoms. The minimum Gasteiger partial charge on any atom is -0.481 e. The maximum atomic E-state index is 13.5. The molecule has 3 N–H and O–H groups in total. The molecule has 3 heterocycles. The van der Waals surface area contributed by atoms with Crippen molar-refractivity contribution in [2.45, 2.75) is 64.2 Å². The van der Waals surface area contributed by atoms with Crippen molar-refractivity contribution in [1.82, 2.24) is 15.5 Å². The summed E-state index contributed by atoms with van der Waals surface area (Å²) in [5, 5.41) is 19.2. The maximum Gasteiger partial charge on any atom is 0.315 e. The second-order valence-electron chi connectivity index (χ2n) is 9.70. The third-order valence-corrected chi connectivity index (χ3v) is 9.65. The van der Waals surface area contributed by atoms with Crippen LogP contribution in [0.15, 0.2) is 53.2 Å². The van der Waals surface area contributed by atoms with Crippen molar-refractivity contribution in [3.05, 3.63) is 68.5 Å². The van der Waals surface area contributed by atoms with Crippen LogP contribution < -0.4 is 20.1 Å². The Bertz CT molecular complexity index is 1280. The second-order valence-corrected chi connectivity index (χ2v) is 12.7. The van der Waals surface area contributed by atoms with Crippen LogP contribution in [-0.4, -0.2) is 45.8 Å². The highest BCUT2D eigenvalue weighted by Crippen LogP contribution is 2.35. The lowest BCUT2D eigenvalue weighted by Gasteiger charge is -2.29. The molecule has 0 bridgehead atoms. The number of fused-ring (bicyclic) bond motifs is 1. The number of hydrogen-bond acceptors (Lipinski definition) is 8. The van der Waals surface area contributed by atoms with Gasteiger partial charge in [0, 0.05) is 21.5 Å². The Morgan fingerprint density at radius 3 is 2.56 bits per heavy atom. The lowest BCUT2D eigenvalue weighted by Crippen LogP contribution is -2.45. The van der Waals surface area contributed by atoms with Crippen molar-refractivity contribution in [1.29, 1.82) is 0 Å². The van der Waals surface area contributed by atoms with Gasteiger partial charge < -0.3 is 30.1 Å². The fourth-order valence-corrected chi connectivity index (χ4v) is 6.94. The normalized spacial score (nSPS) is 14.2. The molecule has 0 radical (unpaired) electrons. The summed E-state index contributed by atoms with van der Waals surface area (Å²) >= 11 is 4.45. The third kappa shape index (κ3) is 8.88. The van der Waals surface area contributed by atoms with E-state index in [2.05, 4.69) is 17.6 Å². The highest BCUT2D eigenvalue weighted by atomic mass is 32.2. The number of hydrogen-bond donors (Lipinski definition) is 3. The Hall–Kier alpha value is -3.22. The number of carboxylic acids is 1. The van der Waals surface area contributed by atoms with E-state index in [1.54, 1.807) is 40.9 Å². The largest absolute Gasteiger partial charge is 0.481 e. The van der Waals surface area contributed by atoms with Gasteiger partial charge in [-0.15, -0.1) is 22.7 Å². The van der Waals surface area contributed by atoms with E-state index in [0.717, 1.165) is 22.6 Å². The zero-order valence-corrected chi connectivity index (χ0v) is 25.5. The molecule has 3 atom stereocenters. The van der Waals surface area contributed by atoms with Gasteiger partial charge in [0.1, 0.15) is 0 Å². The van der Waals surface area contributed by atoms with Crippen molar-refractivity contribution >= 4 is 51.7 Å². The first kappa shape index (κ1) is 30.7. The lowest BCUT2D eigenvalue weighted by atomic mass is 10.0. The molecule has 1 aliphatic heterocycles. The number of urea groups is 1. The minimum atomic E-state index is -1.04. The minimum absolute atomic E-state index is 0.0490. The van der Waals surface area contributed by atoms with E-state index in [1.807, 2.05) is 46.8 Å². The fraction of sp³-hybridized carbons (Fsp3) is 0.414. The molecule has 4 rings (SSSR count). The molecule has 1 unspecified atom stereocenters. The van der Waals surface area contributed by atoms with Gasteiger partial charge in [-0.2, -0.15) is 0 Å². The number of carbonyl (C=O) groups excluding carboxylic acids is 2. The topological polar surface area (TPSA) is 117 Å². The molecule has 220 valence electrons. The fourth-order valence-electron chi connectivity index (χ4n) is 4.46. The molecular formula is C29H35N3O6S3. The first-order chi connectivity index (χ1) is 19.8. The Balaban J connectivity index is 1.40. The Kier molecular flexibility index (Phi) is 11.3. The van der Waals surface area contributed by atoms with Gasteiger partial charge in [-0.1, -0.05) is 49.7 Å². The van der Waals surface area contributed by atoms with E-state index in [1.165, 1.54) is 11.8 Å². The van der Waals surface area contributed by atoms with Gasteiger partial charge in [0.2, 0.25) is 6.79 Å². The molecule has 0 aliphatic carbocycles. The summed E-state index contributed by atoms with van der Waals surface area (Å²) in [5.74, 6) is 0.454. The molecule has 3 aromatic rings. The van der Waals surface area contributed by atoms with Crippen LogP contribution in [0.1, 0.15) is 66.9 Å². The smallest absolute Gasteiger partial charge is 0.315 e. The Labute approximate surface area is 252 Å². The number of carbonyl (C=O) groups is 3. The van der Waals surface area contributed by atoms with E-state index in [-0.39, 0.29) is 30.5 Å². The number of thiophene rings is 2. The van der Waals surface area contributed by atoms with Gasteiger partial charge >= 0.3 is 12.0 Å². The van der Waals surface area contributed by atoms with E-state index in [4.69, 9.17) is 9.47 Å². The standard InChI is InChI=1S/C29H35N3O6S3/c1-3-4-7-21(17-41-29(36)32(16-22-8-5-12-39-22)19(2)26-9-6-13-40-26)30-28(35)31-23(15-27(33)34)20-10-11-24-25(14-20)38-18-37-24/h5-6,8-14,19,21,23H,3-4,7,15-18H2,1-2H3,(H,33,34)(H2,30,31,35)/t19?,21-,23-/m0/s1. The highest BCUT2D eigenvalue weighted by Gasteiger charge is 2.26. The number of unbranched alkanes of at least 4 members (excludes halogenated alkanes) is 1. The average Bonchev–Trinajstić information content (AvgIpc) is 3.74. The van der Waals surface area contributed by atoms with Gasteiger partial charge in [0.15, 0.2) is 11.5 Å². The summed E-state index contributed by atoms with van der Waals surface area (Å²) < 4.78 is 10.8. The molecule has 1 aliphatic rings. The molecule has 0 saturated carbocycles. The van der Waals surface area contributed by atoms with Crippen molar-refractivity contribution in [2.24, 2.45) is 0 Å². The van der Waals surface area contributed by atoms with E-state index >= 15 is 0 Å². The molecule has 0 fully saturated rings. The van der Waals surface area contributed by atoms with Gasteiger partial charge in [-0.25, -0.2) is 4.79 Å². The predicted molar refractivity (Wildman–Crippen MR) is 163 cm³/mol. The number of carboxylic acid groups (broad SMARTS) is 1. The molecule has 9 nitrogen and oxygen atoms in total. The zero-order chi connectivity index (χ0) is 29.2. The van der Waals surface area contributed by atoms with Crippen LogP contribution in [0.2, 0.25) is 0 Å². The van der Waals surface area contributed by atoms with Gasteiger partial charge in [-0.3, -0.25) is 9.59 Å². The number of aliphatic carboxylic acids is 1. The van der Waals surface area contributed by atoms with Crippen LogP contribution in [-0.2, 0) is 11.3 Å². The molecule has 12 heteroatoms. The van der Waals surface area contributed by atoms with Gasteiger partial charge in [-0.05, 0) is 53.9 Å². The molecule has 1 aromatic carbocycles. The number of ether oxygens (including phenoxy) is 2. The number of amides is 3. The van der Waals surface area contributed by atoms with Crippen LogP contribution in [0.5, 0.6) is 11.5 Å². The SMILES string of the molecule is CCCC[C@@H](CSC(=O)N(Cc1cccs1)C(C)c1cccs1)NC(=O)N[C@@H](CC(=O)O)c1ccc2c(c1)OCO2. The Morgan fingerprint density at radius 2 is 1.85 bits per heavy atom. The summed E-state index contributed by atoms with van der Waals surface area (Å²) in [5.41, 5.74) is 0.605. The maximum absolute atomic E-state index is 13.5. The average molecular weight is 618 g/mol. The number of nitrogens with zero attached hydrogens (tertiary/aromatic N) is 1. The third-order valence-electron chi connectivity index (χ3n) is 6.70. The lowest BCUT2D eigenvalue weighted by molar-refractivity contribution is -0.137. The van der Waals surface area contributed by atoms with Gasteiger partial charge in [0.25, 0.3) is 5.24 Å². The molecule has 41 heavy (non-hydrogen) atoms. The molecule has 2 aromatic heterocycles. The van der Waals surface area contributed by atoms with Crippen LogP contribution in [0.4, 0.5) is 9.59 Å². The number of thioether (sulfide) groups is 1. The molecule has 0 saturated heterocycles. The first-order valence-corrected chi connectivity index (χ1v) is 16.3. The quantitative estimate of drug-likeness (QED) is 0.178. The van der Waals surface area contributed by atoms with Gasteiger partial charge in [0.05, 0.1) is 25.0 Å². The summed E-state index contributed by atoms with van der Waals surface area (Å²) in [7, 11) is 0. The second kappa shape index (κ2) is 15.1. The first-order valence-electron chi connectivity index (χ1n) is 13.5. The summed E-state index contributed by atoms with van der Waals surface area (Å²) in [6, 6.07) is 11.6. The van der Waals surface area contributed by atoms with E-state index < -0.39 is 18.0 Å². The zero-order valence-electron chi connectivity index (χ0n) is 23.0. The van der Waals surface area contributed by atoms with Crippen molar-refractivity contribution in [3.63, 3.8) is 0 Å². The van der Waals surface area contributed by atoms with E-state index in [0.29, 0.717) is 35.8 Å². The van der Waals surface area contributed by atoms with Crippen molar-refractivity contribution in [2.75, 3.05) is 12.5 Å². The van der Waals surface area contributed by atoms with Crippen molar-refractivity contribution in [3.8, 4) is 11.5 Å². The monoisotopic (exact) mass is 617 g/mol. The number of rotatable bonds is 14. The van der Waals surface area contributed by atoms with E-state index in [9.17, 15) is 19.5 Å². The van der Waals surface area contributed by atoms with Crippen LogP contribution in [0.3, 0.4) is 0 Å². The molecule has 3 amide bonds. The Morgan fingerprint density at radius 1 is 1.07 bits per heavy atom. The van der Waals surface area contributed by atoms with Crippen LogP contribution in [0.25, 0.3) is 0 Å². The summed E-state index contributed by atoms with van der Waals surface area (Å²) in [6.45, 7) is 4.73. The molecular weight excluding hydrogens is 583 g/mol. The van der Waals surface area contributed by atoms with Crippen LogP contribution >= 0.6 is 34.4 Å².